The van der Waals surface area contributed by atoms with Crippen LogP contribution in [0.3, 0.4) is 0 Å². The van der Waals surface area contributed by atoms with Gasteiger partial charge in [0.25, 0.3) is 5.91 Å². The lowest BCUT2D eigenvalue weighted by Gasteiger charge is -2.35. The van der Waals surface area contributed by atoms with E-state index in [0.717, 1.165) is 5.56 Å². The van der Waals surface area contributed by atoms with Crippen molar-refractivity contribution in [3.05, 3.63) is 29.3 Å². The molecule has 0 fully saturated rings. The molecule has 0 aliphatic carbocycles. The molecule has 0 heterocycles. The monoisotopic (exact) mass is 265 g/mol. The first-order valence-electron chi connectivity index (χ1n) is 6.26. The van der Waals surface area contributed by atoms with Crippen molar-refractivity contribution in [2.24, 2.45) is 0 Å². The van der Waals surface area contributed by atoms with E-state index in [4.69, 9.17) is 9.47 Å². The minimum Gasteiger partial charge on any atom is -0.496 e. The first kappa shape index (κ1) is 15.5. The highest BCUT2D eigenvalue weighted by Crippen LogP contribution is 2.25. The quantitative estimate of drug-likeness (QED) is 0.821. The second kappa shape index (κ2) is 6.06. The Morgan fingerprint density at radius 1 is 1.32 bits per heavy atom. The summed E-state index contributed by atoms with van der Waals surface area (Å²) in [5, 5.41) is 0. The van der Waals surface area contributed by atoms with Gasteiger partial charge in [0.2, 0.25) is 0 Å². The van der Waals surface area contributed by atoms with E-state index in [0.29, 0.717) is 17.9 Å². The van der Waals surface area contributed by atoms with Gasteiger partial charge in [0.15, 0.2) is 0 Å². The van der Waals surface area contributed by atoms with Crippen LogP contribution in [0.4, 0.5) is 0 Å². The molecule has 19 heavy (non-hydrogen) atoms. The van der Waals surface area contributed by atoms with Gasteiger partial charge in [-0.3, -0.25) is 4.79 Å². The molecule has 1 aromatic carbocycles. The molecular weight excluding hydrogens is 242 g/mol. The van der Waals surface area contributed by atoms with Crippen LogP contribution in [0.5, 0.6) is 5.75 Å². The van der Waals surface area contributed by atoms with Gasteiger partial charge in [-0.15, -0.1) is 0 Å². The van der Waals surface area contributed by atoms with Crippen LogP contribution in [0.25, 0.3) is 0 Å². The van der Waals surface area contributed by atoms with E-state index < -0.39 is 0 Å². The summed E-state index contributed by atoms with van der Waals surface area (Å²) in [6.45, 7) is 6.33. The van der Waals surface area contributed by atoms with Crippen LogP contribution in [0.2, 0.25) is 0 Å². The molecule has 0 aromatic heterocycles. The minimum atomic E-state index is -0.376. The molecule has 0 atom stereocenters. The van der Waals surface area contributed by atoms with Gasteiger partial charge in [0.1, 0.15) is 5.75 Å². The van der Waals surface area contributed by atoms with Gasteiger partial charge in [-0.2, -0.15) is 0 Å². The van der Waals surface area contributed by atoms with Crippen molar-refractivity contribution in [3.63, 3.8) is 0 Å². The Morgan fingerprint density at radius 2 is 1.95 bits per heavy atom. The summed E-state index contributed by atoms with van der Waals surface area (Å²) >= 11 is 0. The Kier molecular flexibility index (Phi) is 4.95. The lowest BCUT2D eigenvalue weighted by atomic mass is 10.0. The standard InChI is InChI=1S/C15H23NO3/c1-11-8-7-9-12(19-6)13(11)14(17)16(4)15(2,3)10-18-5/h7-9H,10H2,1-6H3. The summed E-state index contributed by atoms with van der Waals surface area (Å²) in [5.41, 5.74) is 1.14. The highest BCUT2D eigenvalue weighted by atomic mass is 16.5. The number of likely N-dealkylation sites (N-methyl/N-ethyl adjacent to an activating group) is 1. The van der Waals surface area contributed by atoms with E-state index in [-0.39, 0.29) is 11.4 Å². The van der Waals surface area contributed by atoms with Crippen molar-refractivity contribution in [2.75, 3.05) is 27.9 Å². The fraction of sp³-hybridized carbons (Fsp3) is 0.533. The summed E-state index contributed by atoms with van der Waals surface area (Å²) in [6, 6.07) is 5.59. The highest BCUT2D eigenvalue weighted by molar-refractivity contribution is 5.98. The van der Waals surface area contributed by atoms with Crippen LogP contribution in [-0.2, 0) is 4.74 Å². The zero-order valence-electron chi connectivity index (χ0n) is 12.6. The summed E-state index contributed by atoms with van der Waals surface area (Å²) in [5.74, 6) is 0.544. The van der Waals surface area contributed by atoms with Gasteiger partial charge in [-0.05, 0) is 32.4 Å². The van der Waals surface area contributed by atoms with Crippen molar-refractivity contribution in [1.82, 2.24) is 4.90 Å². The Hall–Kier alpha value is -1.55. The number of methoxy groups -OCH3 is 2. The molecule has 1 rings (SSSR count). The highest BCUT2D eigenvalue weighted by Gasteiger charge is 2.30. The molecular formula is C15H23NO3. The van der Waals surface area contributed by atoms with Crippen LogP contribution in [0.15, 0.2) is 18.2 Å². The van der Waals surface area contributed by atoms with Gasteiger partial charge >= 0.3 is 0 Å². The molecule has 0 unspecified atom stereocenters. The van der Waals surface area contributed by atoms with Gasteiger partial charge in [0, 0.05) is 14.2 Å². The topological polar surface area (TPSA) is 38.8 Å². The SMILES string of the molecule is COCC(C)(C)N(C)C(=O)c1c(C)cccc1OC. The zero-order valence-corrected chi connectivity index (χ0v) is 12.6. The first-order chi connectivity index (χ1) is 8.85. The predicted octanol–water partition coefficient (Wildman–Crippen LogP) is 2.50. The number of hydrogen-bond donors (Lipinski definition) is 0. The molecule has 0 saturated heterocycles. The predicted molar refractivity (Wildman–Crippen MR) is 75.8 cm³/mol. The van der Waals surface area contributed by atoms with Gasteiger partial charge in [-0.25, -0.2) is 0 Å². The fourth-order valence-corrected chi connectivity index (χ4v) is 1.98. The molecule has 4 heteroatoms. The second-order valence-corrected chi connectivity index (χ2v) is 5.26. The van der Waals surface area contributed by atoms with E-state index in [1.54, 1.807) is 32.2 Å². The van der Waals surface area contributed by atoms with Crippen molar-refractivity contribution < 1.29 is 14.3 Å². The molecule has 0 radical (unpaired) electrons. The minimum absolute atomic E-state index is 0.0583. The maximum Gasteiger partial charge on any atom is 0.258 e. The van der Waals surface area contributed by atoms with Crippen LogP contribution < -0.4 is 4.74 Å². The number of aryl methyl sites for hydroxylation is 1. The third-order valence-corrected chi connectivity index (χ3v) is 3.38. The maximum atomic E-state index is 12.7. The average molecular weight is 265 g/mol. The molecule has 0 N–H and O–H groups in total. The second-order valence-electron chi connectivity index (χ2n) is 5.26. The van der Waals surface area contributed by atoms with Crippen molar-refractivity contribution in [1.29, 1.82) is 0 Å². The van der Waals surface area contributed by atoms with Gasteiger partial charge < -0.3 is 14.4 Å². The normalized spacial score (nSPS) is 11.3. The Bertz CT molecular complexity index is 455. The smallest absolute Gasteiger partial charge is 0.258 e. The molecule has 0 spiro atoms. The van der Waals surface area contributed by atoms with E-state index in [9.17, 15) is 4.79 Å². The summed E-state index contributed by atoms with van der Waals surface area (Å²) in [7, 11) is 4.99. The largest absolute Gasteiger partial charge is 0.496 e. The molecule has 4 nitrogen and oxygen atoms in total. The molecule has 1 aromatic rings. The fourth-order valence-electron chi connectivity index (χ4n) is 1.98. The molecule has 0 aliphatic rings. The van der Waals surface area contributed by atoms with E-state index in [2.05, 4.69) is 0 Å². The number of nitrogens with zero attached hydrogens (tertiary/aromatic N) is 1. The zero-order chi connectivity index (χ0) is 14.6. The van der Waals surface area contributed by atoms with Crippen LogP contribution in [-0.4, -0.2) is 44.2 Å². The lowest BCUT2D eigenvalue weighted by Crippen LogP contribution is -2.48. The van der Waals surface area contributed by atoms with E-state index in [1.807, 2.05) is 32.9 Å². The van der Waals surface area contributed by atoms with Crippen molar-refractivity contribution in [2.45, 2.75) is 26.3 Å². The molecule has 0 saturated carbocycles. The summed E-state index contributed by atoms with van der Waals surface area (Å²) < 4.78 is 10.5. The van der Waals surface area contributed by atoms with E-state index in [1.165, 1.54) is 0 Å². The number of hydrogen-bond acceptors (Lipinski definition) is 3. The Balaban J connectivity index is 3.13. The number of carbonyl (C=O) groups excluding carboxylic acids is 1. The molecule has 0 aliphatic heterocycles. The third kappa shape index (κ3) is 3.26. The van der Waals surface area contributed by atoms with Crippen LogP contribution >= 0.6 is 0 Å². The number of benzene rings is 1. The maximum absolute atomic E-state index is 12.7. The number of ether oxygens (including phenoxy) is 2. The van der Waals surface area contributed by atoms with Crippen molar-refractivity contribution in [3.8, 4) is 5.75 Å². The molecule has 106 valence electrons. The third-order valence-electron chi connectivity index (χ3n) is 3.38. The lowest BCUT2D eigenvalue weighted by molar-refractivity contribution is 0.0363. The first-order valence-corrected chi connectivity index (χ1v) is 6.26. The van der Waals surface area contributed by atoms with Crippen molar-refractivity contribution >= 4 is 5.91 Å². The van der Waals surface area contributed by atoms with E-state index >= 15 is 0 Å². The van der Waals surface area contributed by atoms with Crippen LogP contribution in [0, 0.1) is 6.92 Å². The number of carbonyl (C=O) groups is 1. The summed E-state index contributed by atoms with van der Waals surface area (Å²) in [4.78, 5) is 14.4. The summed E-state index contributed by atoms with van der Waals surface area (Å²) in [6.07, 6.45) is 0. The molecule has 1 amide bonds. The molecule has 0 bridgehead atoms. The van der Waals surface area contributed by atoms with Crippen LogP contribution in [0.1, 0.15) is 29.8 Å². The number of amides is 1. The number of rotatable bonds is 5. The van der Waals surface area contributed by atoms with Gasteiger partial charge in [0.05, 0.1) is 24.8 Å². The Morgan fingerprint density at radius 3 is 2.47 bits per heavy atom. The Labute approximate surface area is 115 Å². The average Bonchev–Trinajstić information content (AvgIpc) is 2.36. The van der Waals surface area contributed by atoms with Gasteiger partial charge in [-0.1, -0.05) is 12.1 Å².